The summed E-state index contributed by atoms with van der Waals surface area (Å²) >= 11 is 0. The maximum absolute atomic E-state index is 12.9. The highest BCUT2D eigenvalue weighted by molar-refractivity contribution is 5.79. The largest absolute Gasteiger partial charge is 0.366 e. The van der Waals surface area contributed by atoms with Crippen molar-refractivity contribution in [1.82, 2.24) is 24.9 Å². The lowest BCUT2D eigenvalue weighted by molar-refractivity contribution is -0.120. The Morgan fingerprint density at radius 3 is 2.67 bits per heavy atom. The van der Waals surface area contributed by atoms with E-state index >= 15 is 0 Å². The number of nitrogen functional groups attached to an aromatic ring is 1. The molecule has 3 aromatic rings. The van der Waals surface area contributed by atoms with Crippen LogP contribution in [0.2, 0.25) is 0 Å². The van der Waals surface area contributed by atoms with Crippen molar-refractivity contribution in [2.45, 2.75) is 26.8 Å². The molecule has 2 aromatic heterocycles. The molecule has 124 valence electrons. The van der Waals surface area contributed by atoms with Gasteiger partial charge in [0.15, 0.2) is 0 Å². The van der Waals surface area contributed by atoms with Crippen LogP contribution in [-0.4, -0.2) is 25.5 Å². The standard InChI is InChI=1S/C16H17FN6O/c1-9-13(10(2)23-16(20-9)21-15(18)22-23)7-14(24)19-8-11-3-5-12(17)6-4-11/h3-6H,7-8H2,1-2H3,(H2,18,22)(H,19,24). The van der Waals surface area contributed by atoms with Crippen LogP contribution in [-0.2, 0) is 17.8 Å². The summed E-state index contributed by atoms with van der Waals surface area (Å²) in [5, 5.41) is 6.89. The first-order valence-corrected chi connectivity index (χ1v) is 7.43. The third-order valence-corrected chi connectivity index (χ3v) is 3.81. The van der Waals surface area contributed by atoms with Crippen LogP contribution in [0.15, 0.2) is 24.3 Å². The van der Waals surface area contributed by atoms with E-state index in [1.54, 1.807) is 12.1 Å². The Kier molecular flexibility index (Phi) is 4.11. The molecular formula is C16H17FN6O. The predicted octanol–water partition coefficient (Wildman–Crippen LogP) is 1.32. The minimum absolute atomic E-state index is 0.142. The number of halogens is 1. The van der Waals surface area contributed by atoms with Crippen molar-refractivity contribution in [2.75, 3.05) is 5.73 Å². The van der Waals surface area contributed by atoms with Crippen molar-refractivity contribution < 1.29 is 9.18 Å². The fourth-order valence-corrected chi connectivity index (χ4v) is 2.51. The van der Waals surface area contributed by atoms with Gasteiger partial charge in [-0.3, -0.25) is 4.79 Å². The van der Waals surface area contributed by atoms with Crippen molar-refractivity contribution in [2.24, 2.45) is 0 Å². The molecule has 2 heterocycles. The van der Waals surface area contributed by atoms with Gasteiger partial charge < -0.3 is 11.1 Å². The number of nitrogens with two attached hydrogens (primary N) is 1. The summed E-state index contributed by atoms with van der Waals surface area (Å²) in [7, 11) is 0. The zero-order valence-electron chi connectivity index (χ0n) is 13.4. The molecule has 0 spiro atoms. The zero-order valence-corrected chi connectivity index (χ0v) is 13.4. The number of aryl methyl sites for hydroxylation is 2. The fourth-order valence-electron chi connectivity index (χ4n) is 2.51. The summed E-state index contributed by atoms with van der Waals surface area (Å²) in [4.78, 5) is 20.6. The highest BCUT2D eigenvalue weighted by Crippen LogP contribution is 2.15. The van der Waals surface area contributed by atoms with Crippen LogP contribution in [0, 0.1) is 19.7 Å². The SMILES string of the molecule is Cc1nc2nc(N)nn2c(C)c1CC(=O)NCc1ccc(F)cc1. The van der Waals surface area contributed by atoms with Crippen LogP contribution in [0.3, 0.4) is 0 Å². The summed E-state index contributed by atoms with van der Waals surface area (Å²) < 4.78 is 14.4. The van der Waals surface area contributed by atoms with E-state index in [0.29, 0.717) is 18.0 Å². The summed E-state index contributed by atoms with van der Waals surface area (Å²) in [5.41, 5.74) is 8.69. The predicted molar refractivity (Wildman–Crippen MR) is 86.6 cm³/mol. The van der Waals surface area contributed by atoms with E-state index in [-0.39, 0.29) is 24.1 Å². The van der Waals surface area contributed by atoms with Crippen LogP contribution in [0.5, 0.6) is 0 Å². The first-order chi connectivity index (χ1) is 11.4. The Balaban J connectivity index is 1.74. The average molecular weight is 328 g/mol. The first kappa shape index (κ1) is 15.9. The van der Waals surface area contributed by atoms with Crippen LogP contribution >= 0.6 is 0 Å². The van der Waals surface area contributed by atoms with E-state index in [2.05, 4.69) is 20.4 Å². The number of carbonyl (C=O) groups is 1. The molecule has 0 atom stereocenters. The van der Waals surface area contributed by atoms with Gasteiger partial charge in [-0.1, -0.05) is 12.1 Å². The Morgan fingerprint density at radius 2 is 1.96 bits per heavy atom. The van der Waals surface area contributed by atoms with Gasteiger partial charge in [-0.15, -0.1) is 5.10 Å². The van der Waals surface area contributed by atoms with Gasteiger partial charge in [0.05, 0.1) is 6.42 Å². The van der Waals surface area contributed by atoms with Gasteiger partial charge in [-0.05, 0) is 31.5 Å². The third-order valence-electron chi connectivity index (χ3n) is 3.81. The van der Waals surface area contributed by atoms with E-state index < -0.39 is 0 Å². The fraction of sp³-hybridized carbons (Fsp3) is 0.250. The Morgan fingerprint density at radius 1 is 1.25 bits per heavy atom. The molecule has 0 radical (unpaired) electrons. The van der Waals surface area contributed by atoms with Crippen LogP contribution < -0.4 is 11.1 Å². The van der Waals surface area contributed by atoms with Gasteiger partial charge in [-0.2, -0.15) is 9.50 Å². The van der Waals surface area contributed by atoms with Crippen molar-refractivity contribution in [3.63, 3.8) is 0 Å². The lowest BCUT2D eigenvalue weighted by Crippen LogP contribution is -2.25. The molecular weight excluding hydrogens is 311 g/mol. The van der Waals surface area contributed by atoms with Crippen LogP contribution in [0.4, 0.5) is 10.3 Å². The molecule has 0 aliphatic carbocycles. The number of fused-ring (bicyclic) bond motifs is 1. The third kappa shape index (κ3) is 3.17. The maximum Gasteiger partial charge on any atom is 0.254 e. The van der Waals surface area contributed by atoms with Crippen LogP contribution in [0.25, 0.3) is 5.78 Å². The average Bonchev–Trinajstić information content (AvgIpc) is 2.91. The molecule has 0 fully saturated rings. The molecule has 1 aromatic carbocycles. The van der Waals surface area contributed by atoms with E-state index in [0.717, 1.165) is 16.8 Å². The second-order valence-electron chi connectivity index (χ2n) is 5.52. The minimum Gasteiger partial charge on any atom is -0.366 e. The van der Waals surface area contributed by atoms with E-state index in [4.69, 9.17) is 5.73 Å². The Bertz CT molecular complexity index is 903. The van der Waals surface area contributed by atoms with Crippen molar-refractivity contribution in [3.05, 3.63) is 52.6 Å². The number of benzene rings is 1. The molecule has 0 aliphatic rings. The number of aromatic nitrogens is 4. The number of nitrogens with one attached hydrogen (secondary N) is 1. The number of anilines is 1. The van der Waals surface area contributed by atoms with E-state index in [9.17, 15) is 9.18 Å². The van der Waals surface area contributed by atoms with Crippen molar-refractivity contribution in [3.8, 4) is 0 Å². The second kappa shape index (κ2) is 6.23. The van der Waals surface area contributed by atoms with Gasteiger partial charge in [0.2, 0.25) is 11.9 Å². The van der Waals surface area contributed by atoms with Gasteiger partial charge >= 0.3 is 0 Å². The number of hydrogen-bond acceptors (Lipinski definition) is 5. The molecule has 8 heteroatoms. The molecule has 0 saturated heterocycles. The summed E-state index contributed by atoms with van der Waals surface area (Å²) in [5.74, 6) is 0.100. The molecule has 0 bridgehead atoms. The summed E-state index contributed by atoms with van der Waals surface area (Å²) in [6, 6.07) is 6.00. The highest BCUT2D eigenvalue weighted by Gasteiger charge is 2.15. The molecule has 24 heavy (non-hydrogen) atoms. The van der Waals surface area contributed by atoms with E-state index in [1.165, 1.54) is 16.6 Å². The maximum atomic E-state index is 12.9. The summed E-state index contributed by atoms with van der Waals surface area (Å²) in [6.45, 7) is 4.00. The molecule has 0 unspecified atom stereocenters. The van der Waals surface area contributed by atoms with Gasteiger partial charge in [0, 0.05) is 23.5 Å². The topological polar surface area (TPSA) is 98.2 Å². The lowest BCUT2D eigenvalue weighted by atomic mass is 10.1. The first-order valence-electron chi connectivity index (χ1n) is 7.43. The van der Waals surface area contributed by atoms with Crippen molar-refractivity contribution >= 4 is 17.6 Å². The number of carbonyl (C=O) groups excluding carboxylic acids is 1. The molecule has 0 saturated carbocycles. The second-order valence-corrected chi connectivity index (χ2v) is 5.52. The zero-order chi connectivity index (χ0) is 17.3. The minimum atomic E-state index is -0.303. The molecule has 7 nitrogen and oxygen atoms in total. The number of nitrogens with zero attached hydrogens (tertiary/aromatic N) is 4. The van der Waals surface area contributed by atoms with Crippen molar-refractivity contribution in [1.29, 1.82) is 0 Å². The quantitative estimate of drug-likeness (QED) is 0.753. The normalized spacial score (nSPS) is 11.0. The lowest BCUT2D eigenvalue weighted by Gasteiger charge is -2.10. The Hall–Kier alpha value is -3.03. The molecule has 1 amide bonds. The summed E-state index contributed by atoms with van der Waals surface area (Å²) in [6.07, 6.45) is 0.168. The number of rotatable bonds is 4. The monoisotopic (exact) mass is 328 g/mol. The van der Waals surface area contributed by atoms with Gasteiger partial charge in [0.1, 0.15) is 5.82 Å². The van der Waals surface area contributed by atoms with Gasteiger partial charge in [-0.25, -0.2) is 9.37 Å². The molecule has 3 N–H and O–H groups in total. The van der Waals surface area contributed by atoms with E-state index in [1.807, 2.05) is 13.8 Å². The van der Waals surface area contributed by atoms with Crippen LogP contribution in [0.1, 0.15) is 22.5 Å². The molecule has 3 rings (SSSR count). The Labute approximate surface area is 137 Å². The number of hydrogen-bond donors (Lipinski definition) is 2. The smallest absolute Gasteiger partial charge is 0.254 e. The number of amides is 1. The highest BCUT2D eigenvalue weighted by atomic mass is 19.1. The van der Waals surface area contributed by atoms with Gasteiger partial charge in [0.25, 0.3) is 5.78 Å². The molecule has 0 aliphatic heterocycles.